The monoisotopic (exact) mass is 429 g/mol. The van der Waals surface area contributed by atoms with Gasteiger partial charge in [-0.3, -0.25) is 4.79 Å². The number of pyridine rings is 1. The largest absolute Gasteiger partial charge is 0.481 e. The van der Waals surface area contributed by atoms with Crippen LogP contribution < -0.4 is 15.0 Å². The molecule has 0 bridgehead atoms. The fourth-order valence-corrected chi connectivity index (χ4v) is 3.61. The van der Waals surface area contributed by atoms with Crippen molar-refractivity contribution in [1.29, 1.82) is 0 Å². The van der Waals surface area contributed by atoms with Gasteiger partial charge < -0.3 is 15.0 Å². The number of ether oxygens (including phenoxy) is 1. The number of rotatable bonds is 5. The van der Waals surface area contributed by atoms with Gasteiger partial charge >= 0.3 is 6.18 Å². The van der Waals surface area contributed by atoms with Crippen molar-refractivity contribution in [3.63, 3.8) is 0 Å². The number of hydrogen-bond donors (Lipinski definition) is 1. The Bertz CT molecular complexity index is 1060. The number of alkyl halides is 3. The fraction of sp³-hybridized carbons (Fsp3) is 0.304. The molecule has 1 aliphatic rings. The summed E-state index contributed by atoms with van der Waals surface area (Å²) in [4.78, 5) is 19.2. The number of halogens is 3. The molecule has 1 aliphatic heterocycles. The second-order valence-corrected chi connectivity index (χ2v) is 7.46. The first-order valence-corrected chi connectivity index (χ1v) is 10.1. The Hall–Kier alpha value is -3.29. The van der Waals surface area contributed by atoms with Gasteiger partial charge in [0.2, 0.25) is 0 Å². The maximum atomic E-state index is 12.6. The lowest BCUT2D eigenvalue weighted by atomic mass is 10.1. The van der Waals surface area contributed by atoms with Crippen LogP contribution in [0.5, 0.6) is 5.75 Å². The van der Waals surface area contributed by atoms with E-state index in [1.165, 1.54) is 18.6 Å². The standard InChI is InChI=1S/C23H22F3N3O2/c24-23(25,26)17-8-10-18(11-9-17)27-21(30)15-31-19-6-4-5-16-7-12-20(28-22(16)19)29-13-2-1-3-14-29/h4-12H,1-3,13-15H2,(H,27,30). The topological polar surface area (TPSA) is 54.5 Å². The van der Waals surface area contributed by atoms with E-state index in [2.05, 4.69) is 10.2 Å². The number of benzene rings is 2. The van der Waals surface area contributed by atoms with Crippen LogP contribution in [0, 0.1) is 0 Å². The molecule has 2 aromatic carbocycles. The summed E-state index contributed by atoms with van der Waals surface area (Å²) in [5.41, 5.74) is 0.172. The lowest BCUT2D eigenvalue weighted by molar-refractivity contribution is -0.137. The third-order valence-electron chi connectivity index (χ3n) is 5.20. The molecule has 1 aromatic heterocycles. The highest BCUT2D eigenvalue weighted by atomic mass is 19.4. The number of fused-ring (bicyclic) bond motifs is 1. The highest BCUT2D eigenvalue weighted by molar-refractivity contribution is 5.92. The number of aromatic nitrogens is 1. The number of para-hydroxylation sites is 1. The lowest BCUT2D eigenvalue weighted by Gasteiger charge is -2.28. The summed E-state index contributed by atoms with van der Waals surface area (Å²) in [6, 6.07) is 13.8. The van der Waals surface area contributed by atoms with E-state index in [1.807, 2.05) is 24.3 Å². The van der Waals surface area contributed by atoms with Crippen LogP contribution in [0.4, 0.5) is 24.7 Å². The van der Waals surface area contributed by atoms with Crippen LogP contribution in [-0.4, -0.2) is 30.6 Å². The molecule has 31 heavy (non-hydrogen) atoms. The Labute approximate surface area is 177 Å². The molecule has 0 unspecified atom stereocenters. The number of amides is 1. The van der Waals surface area contributed by atoms with Gasteiger partial charge in [-0.2, -0.15) is 13.2 Å². The SMILES string of the molecule is O=C(COc1cccc2ccc(N3CCCCC3)nc12)Nc1ccc(C(F)(F)F)cc1. The van der Waals surface area contributed by atoms with E-state index in [-0.39, 0.29) is 12.3 Å². The Kier molecular flexibility index (Phi) is 5.97. The number of carbonyl (C=O) groups is 1. The van der Waals surface area contributed by atoms with Gasteiger partial charge in [0, 0.05) is 24.2 Å². The molecule has 1 saturated heterocycles. The predicted molar refractivity (Wildman–Crippen MR) is 113 cm³/mol. The number of hydrogen-bond acceptors (Lipinski definition) is 4. The smallest absolute Gasteiger partial charge is 0.416 e. The van der Waals surface area contributed by atoms with E-state index in [1.54, 1.807) is 6.07 Å². The van der Waals surface area contributed by atoms with Gasteiger partial charge in [-0.1, -0.05) is 12.1 Å². The number of nitrogens with zero attached hydrogens (tertiary/aromatic N) is 2. The normalized spacial score (nSPS) is 14.5. The molecule has 0 saturated carbocycles. The second kappa shape index (κ2) is 8.83. The molecular formula is C23H22F3N3O2. The predicted octanol–water partition coefficient (Wildman–Crippen LogP) is 5.26. The van der Waals surface area contributed by atoms with Crippen LogP contribution in [0.25, 0.3) is 10.9 Å². The highest BCUT2D eigenvalue weighted by Crippen LogP contribution is 2.30. The van der Waals surface area contributed by atoms with Gasteiger partial charge in [-0.15, -0.1) is 0 Å². The first-order valence-electron chi connectivity index (χ1n) is 10.1. The summed E-state index contributed by atoms with van der Waals surface area (Å²) in [5.74, 6) is 0.903. The maximum absolute atomic E-state index is 12.6. The van der Waals surface area contributed by atoms with Gasteiger partial charge in [0.15, 0.2) is 6.61 Å². The highest BCUT2D eigenvalue weighted by Gasteiger charge is 2.30. The van der Waals surface area contributed by atoms with Crippen molar-refractivity contribution in [1.82, 2.24) is 4.98 Å². The molecule has 3 aromatic rings. The van der Waals surface area contributed by atoms with Crippen molar-refractivity contribution in [2.24, 2.45) is 0 Å². The van der Waals surface area contributed by atoms with Crippen molar-refractivity contribution in [2.45, 2.75) is 25.4 Å². The number of carbonyl (C=O) groups excluding carboxylic acids is 1. The van der Waals surface area contributed by atoms with Crippen molar-refractivity contribution < 1.29 is 22.7 Å². The van der Waals surface area contributed by atoms with Crippen LogP contribution in [0.2, 0.25) is 0 Å². The summed E-state index contributed by atoms with van der Waals surface area (Å²) < 4.78 is 43.6. The maximum Gasteiger partial charge on any atom is 0.416 e. The van der Waals surface area contributed by atoms with Crippen molar-refractivity contribution >= 4 is 28.3 Å². The molecule has 1 N–H and O–H groups in total. The van der Waals surface area contributed by atoms with E-state index in [9.17, 15) is 18.0 Å². The number of anilines is 2. The summed E-state index contributed by atoms with van der Waals surface area (Å²) >= 11 is 0. The number of piperidine rings is 1. The Morgan fingerprint density at radius 3 is 2.45 bits per heavy atom. The van der Waals surface area contributed by atoms with E-state index < -0.39 is 17.6 Å². The van der Waals surface area contributed by atoms with Crippen LogP contribution in [-0.2, 0) is 11.0 Å². The lowest BCUT2D eigenvalue weighted by Crippen LogP contribution is -2.30. The molecule has 0 atom stereocenters. The zero-order chi connectivity index (χ0) is 21.8. The molecule has 0 aliphatic carbocycles. The first kappa shape index (κ1) is 21.0. The van der Waals surface area contributed by atoms with Crippen LogP contribution >= 0.6 is 0 Å². The van der Waals surface area contributed by atoms with Crippen molar-refractivity contribution in [3.8, 4) is 5.75 Å². The molecule has 0 radical (unpaired) electrons. The molecule has 1 amide bonds. The minimum Gasteiger partial charge on any atom is -0.481 e. The number of nitrogens with one attached hydrogen (secondary N) is 1. The van der Waals surface area contributed by atoms with E-state index in [4.69, 9.17) is 9.72 Å². The molecule has 1 fully saturated rings. The Morgan fingerprint density at radius 1 is 1.00 bits per heavy atom. The van der Waals surface area contributed by atoms with Crippen LogP contribution in [0.1, 0.15) is 24.8 Å². The summed E-state index contributed by atoms with van der Waals surface area (Å²) in [6.45, 7) is 1.66. The zero-order valence-electron chi connectivity index (χ0n) is 16.8. The average molecular weight is 429 g/mol. The van der Waals surface area contributed by atoms with Gasteiger partial charge in [0.1, 0.15) is 17.1 Å². The minimum atomic E-state index is -4.42. The van der Waals surface area contributed by atoms with Gasteiger partial charge in [0.05, 0.1) is 5.56 Å². The van der Waals surface area contributed by atoms with Gasteiger partial charge in [0.25, 0.3) is 5.91 Å². The quantitative estimate of drug-likeness (QED) is 0.601. The Morgan fingerprint density at radius 2 is 1.74 bits per heavy atom. The zero-order valence-corrected chi connectivity index (χ0v) is 16.8. The van der Waals surface area contributed by atoms with Crippen LogP contribution in [0.3, 0.4) is 0 Å². The molecule has 0 spiro atoms. The minimum absolute atomic E-state index is 0.269. The molecule has 162 valence electrons. The third-order valence-corrected chi connectivity index (χ3v) is 5.20. The van der Waals surface area contributed by atoms with E-state index in [0.717, 1.165) is 49.3 Å². The molecule has 5 nitrogen and oxygen atoms in total. The van der Waals surface area contributed by atoms with E-state index in [0.29, 0.717) is 11.3 Å². The summed E-state index contributed by atoms with van der Waals surface area (Å²) in [5, 5.41) is 3.45. The molecule has 8 heteroatoms. The fourth-order valence-electron chi connectivity index (χ4n) is 3.61. The van der Waals surface area contributed by atoms with Gasteiger partial charge in [-0.25, -0.2) is 4.98 Å². The van der Waals surface area contributed by atoms with Gasteiger partial charge in [-0.05, 0) is 61.7 Å². The van der Waals surface area contributed by atoms with Crippen LogP contribution in [0.15, 0.2) is 54.6 Å². The molecular weight excluding hydrogens is 407 g/mol. The van der Waals surface area contributed by atoms with E-state index >= 15 is 0 Å². The summed E-state index contributed by atoms with van der Waals surface area (Å²) in [6.07, 6.45) is -0.906. The third kappa shape index (κ3) is 5.07. The molecule has 4 rings (SSSR count). The van der Waals surface area contributed by atoms with Crippen molar-refractivity contribution in [2.75, 3.05) is 29.9 Å². The summed E-state index contributed by atoms with van der Waals surface area (Å²) in [7, 11) is 0. The average Bonchev–Trinajstić information content (AvgIpc) is 2.77. The second-order valence-electron chi connectivity index (χ2n) is 7.46. The first-order chi connectivity index (χ1) is 14.9. The molecule has 2 heterocycles. The van der Waals surface area contributed by atoms with Crippen molar-refractivity contribution in [3.05, 3.63) is 60.2 Å². The Balaban J connectivity index is 1.43.